The molecular weight excluding hydrogens is 186 g/mol. The lowest BCUT2D eigenvalue weighted by Crippen LogP contribution is -2.03. The van der Waals surface area contributed by atoms with Crippen molar-refractivity contribution in [2.75, 3.05) is 0 Å². The van der Waals surface area contributed by atoms with E-state index in [9.17, 15) is 5.11 Å². The van der Waals surface area contributed by atoms with Gasteiger partial charge in [-0.05, 0) is 36.5 Å². The van der Waals surface area contributed by atoms with Gasteiger partial charge in [-0.1, -0.05) is 26.0 Å². The Morgan fingerprint density at radius 3 is 2.87 bits per heavy atom. The fourth-order valence-electron chi connectivity index (χ4n) is 1.59. The summed E-state index contributed by atoms with van der Waals surface area (Å²) in [6, 6.07) is 1.90. The number of hydrogen-bond donors (Lipinski definition) is 1. The van der Waals surface area contributed by atoms with Crippen molar-refractivity contribution < 1.29 is 5.11 Å². The zero-order valence-corrected chi connectivity index (χ0v) is 9.53. The predicted octanol–water partition coefficient (Wildman–Crippen LogP) is 3.03. The topological polar surface area (TPSA) is 33.1 Å². The normalized spacial score (nSPS) is 12.5. The molecule has 0 aliphatic heterocycles. The van der Waals surface area contributed by atoms with Crippen molar-refractivity contribution >= 4 is 0 Å². The van der Waals surface area contributed by atoms with E-state index in [0.29, 0.717) is 6.42 Å². The number of pyridine rings is 1. The quantitative estimate of drug-likeness (QED) is 0.749. The van der Waals surface area contributed by atoms with E-state index >= 15 is 0 Å². The van der Waals surface area contributed by atoms with Gasteiger partial charge in [0.15, 0.2) is 0 Å². The lowest BCUT2D eigenvalue weighted by molar-refractivity contribution is 0.176. The predicted molar refractivity (Wildman–Crippen MR) is 62.6 cm³/mol. The minimum Gasteiger partial charge on any atom is -0.388 e. The van der Waals surface area contributed by atoms with Gasteiger partial charge in [0.1, 0.15) is 0 Å². The highest BCUT2D eigenvalue weighted by Gasteiger charge is 2.11. The van der Waals surface area contributed by atoms with Gasteiger partial charge in [0.25, 0.3) is 0 Å². The van der Waals surface area contributed by atoms with Gasteiger partial charge >= 0.3 is 0 Å². The molecule has 1 heterocycles. The average molecular weight is 205 g/mol. The molecule has 2 nitrogen and oxygen atoms in total. The highest BCUT2D eigenvalue weighted by Crippen LogP contribution is 2.24. The summed E-state index contributed by atoms with van der Waals surface area (Å²) in [6.07, 6.45) is 5.59. The monoisotopic (exact) mass is 205 g/mol. The van der Waals surface area contributed by atoms with E-state index in [0.717, 1.165) is 29.5 Å². The molecular formula is C13H19NO. The molecule has 82 valence electrons. The number of aryl methyl sites for hydroxylation is 1. The maximum Gasteiger partial charge on any atom is 0.0830 e. The summed E-state index contributed by atoms with van der Waals surface area (Å²) in [5.41, 5.74) is 3.19. The molecule has 1 aromatic heterocycles. The van der Waals surface area contributed by atoms with Crippen LogP contribution in [0.5, 0.6) is 0 Å². The van der Waals surface area contributed by atoms with Crippen LogP contribution < -0.4 is 0 Å². The molecule has 0 saturated heterocycles. The summed E-state index contributed by atoms with van der Waals surface area (Å²) in [7, 11) is 0. The summed E-state index contributed by atoms with van der Waals surface area (Å²) < 4.78 is 0. The Balaban J connectivity index is 2.80. The Morgan fingerprint density at radius 1 is 1.53 bits per heavy atom. The lowest BCUT2D eigenvalue weighted by atomic mass is 9.97. The average Bonchev–Trinajstić information content (AvgIpc) is 2.28. The van der Waals surface area contributed by atoms with Gasteiger partial charge in [0.05, 0.1) is 6.10 Å². The Morgan fingerprint density at radius 2 is 2.27 bits per heavy atom. The summed E-state index contributed by atoms with van der Waals surface area (Å²) >= 11 is 0. The van der Waals surface area contributed by atoms with E-state index < -0.39 is 6.10 Å². The zero-order valence-electron chi connectivity index (χ0n) is 9.53. The summed E-state index contributed by atoms with van der Waals surface area (Å²) in [6.45, 7) is 8.05. The van der Waals surface area contributed by atoms with Crippen LogP contribution >= 0.6 is 0 Å². The van der Waals surface area contributed by atoms with Crippen LogP contribution in [0, 0.1) is 0 Å². The van der Waals surface area contributed by atoms with Gasteiger partial charge < -0.3 is 5.11 Å². The number of hydrogen-bond acceptors (Lipinski definition) is 2. The van der Waals surface area contributed by atoms with Crippen molar-refractivity contribution in [1.82, 2.24) is 4.98 Å². The highest BCUT2D eigenvalue weighted by atomic mass is 16.3. The Bertz CT molecular complexity index is 333. The Hall–Kier alpha value is -1.15. The fraction of sp³-hybridized carbons (Fsp3) is 0.462. The van der Waals surface area contributed by atoms with E-state index in [1.807, 2.05) is 12.3 Å². The molecule has 0 spiro atoms. The minimum atomic E-state index is -0.435. The molecule has 0 aliphatic rings. The van der Waals surface area contributed by atoms with Gasteiger partial charge in [-0.3, -0.25) is 4.98 Å². The first kappa shape index (κ1) is 11.9. The van der Waals surface area contributed by atoms with Crippen molar-refractivity contribution in [3.8, 4) is 0 Å². The van der Waals surface area contributed by atoms with E-state index in [-0.39, 0.29) is 0 Å². The van der Waals surface area contributed by atoms with Crippen molar-refractivity contribution in [2.45, 2.75) is 39.2 Å². The maximum atomic E-state index is 10.0. The first-order chi connectivity index (χ1) is 7.19. The van der Waals surface area contributed by atoms with Crippen LogP contribution in [0.15, 0.2) is 30.6 Å². The van der Waals surface area contributed by atoms with Crippen molar-refractivity contribution in [3.05, 3.63) is 41.7 Å². The molecule has 0 saturated carbocycles. The summed E-state index contributed by atoms with van der Waals surface area (Å²) in [4.78, 5) is 4.06. The largest absolute Gasteiger partial charge is 0.388 e. The summed E-state index contributed by atoms with van der Waals surface area (Å²) in [5.74, 6) is 0. The fourth-order valence-corrected chi connectivity index (χ4v) is 1.59. The van der Waals surface area contributed by atoms with Gasteiger partial charge in [-0.25, -0.2) is 0 Å². The van der Waals surface area contributed by atoms with Crippen molar-refractivity contribution in [1.29, 1.82) is 0 Å². The third kappa shape index (κ3) is 3.17. The highest BCUT2D eigenvalue weighted by molar-refractivity contribution is 5.26. The van der Waals surface area contributed by atoms with Crippen LogP contribution in [0.25, 0.3) is 0 Å². The molecule has 0 amide bonds. The molecule has 1 unspecified atom stereocenters. The van der Waals surface area contributed by atoms with E-state index in [1.165, 1.54) is 0 Å². The molecule has 1 rings (SSSR count). The minimum absolute atomic E-state index is 0.435. The van der Waals surface area contributed by atoms with E-state index in [4.69, 9.17) is 0 Å². The second kappa shape index (κ2) is 5.66. The van der Waals surface area contributed by atoms with Crippen LogP contribution in [0.3, 0.4) is 0 Å². The number of aromatic nitrogens is 1. The van der Waals surface area contributed by atoms with Crippen LogP contribution in [0.4, 0.5) is 0 Å². The van der Waals surface area contributed by atoms with E-state index in [1.54, 1.807) is 6.20 Å². The number of aliphatic hydroxyl groups is 1. The standard InChI is InChI=1S/C13H19NO/c1-4-10(3)8-13(15)12-6-7-14-9-11(12)5-2/h6-7,9,13,15H,3-5,8H2,1-2H3. The molecule has 0 aliphatic carbocycles. The molecule has 1 aromatic rings. The molecule has 2 heteroatoms. The number of nitrogens with zero attached hydrogens (tertiary/aromatic N) is 1. The van der Waals surface area contributed by atoms with Crippen LogP contribution in [-0.4, -0.2) is 10.1 Å². The van der Waals surface area contributed by atoms with Crippen LogP contribution in [0.1, 0.15) is 43.9 Å². The van der Waals surface area contributed by atoms with Gasteiger partial charge in [-0.15, -0.1) is 0 Å². The maximum absolute atomic E-state index is 10.0. The molecule has 0 aromatic carbocycles. The molecule has 15 heavy (non-hydrogen) atoms. The van der Waals surface area contributed by atoms with Gasteiger partial charge in [-0.2, -0.15) is 0 Å². The molecule has 1 N–H and O–H groups in total. The third-order valence-electron chi connectivity index (χ3n) is 2.66. The van der Waals surface area contributed by atoms with E-state index in [2.05, 4.69) is 25.4 Å². The smallest absolute Gasteiger partial charge is 0.0830 e. The Kier molecular flexibility index (Phi) is 4.50. The second-order valence-corrected chi connectivity index (χ2v) is 3.75. The van der Waals surface area contributed by atoms with Crippen LogP contribution in [0.2, 0.25) is 0 Å². The molecule has 1 atom stereocenters. The Labute approximate surface area is 91.7 Å². The third-order valence-corrected chi connectivity index (χ3v) is 2.66. The van der Waals surface area contributed by atoms with Crippen molar-refractivity contribution in [2.24, 2.45) is 0 Å². The zero-order chi connectivity index (χ0) is 11.3. The molecule has 0 fully saturated rings. The van der Waals surface area contributed by atoms with Gasteiger partial charge in [0.2, 0.25) is 0 Å². The summed E-state index contributed by atoms with van der Waals surface area (Å²) in [5, 5.41) is 10.0. The first-order valence-corrected chi connectivity index (χ1v) is 5.46. The second-order valence-electron chi connectivity index (χ2n) is 3.75. The van der Waals surface area contributed by atoms with Crippen LogP contribution in [-0.2, 0) is 6.42 Å². The number of rotatable bonds is 5. The molecule has 0 bridgehead atoms. The SMILES string of the molecule is C=C(CC)CC(O)c1ccncc1CC. The lowest BCUT2D eigenvalue weighted by Gasteiger charge is -2.15. The van der Waals surface area contributed by atoms with Gasteiger partial charge in [0, 0.05) is 12.4 Å². The first-order valence-electron chi connectivity index (χ1n) is 5.46. The van der Waals surface area contributed by atoms with Crippen molar-refractivity contribution in [3.63, 3.8) is 0 Å². The number of aliphatic hydroxyl groups excluding tert-OH is 1. The molecule has 0 radical (unpaired) electrons.